The van der Waals surface area contributed by atoms with Crippen LogP contribution in [-0.4, -0.2) is 6.54 Å². The Labute approximate surface area is 142 Å². The molecule has 1 radical (unpaired) electrons. The second kappa shape index (κ2) is 6.68. The number of phenolic OH excluding ortho intramolecular Hbond substituents is 1. The molecule has 97 valence electrons. The zero-order valence-corrected chi connectivity index (χ0v) is 14.9. The number of aryl methyl sites for hydroxylation is 1. The summed E-state index contributed by atoms with van der Waals surface area (Å²) in [6.07, 6.45) is 3.11. The Balaban J connectivity index is 0.00000200. The molecule has 2 aromatic rings. The van der Waals surface area contributed by atoms with Gasteiger partial charge in [0.25, 0.3) is 1.43 Å². The van der Waals surface area contributed by atoms with Crippen molar-refractivity contribution in [3.8, 4) is 5.75 Å². The maximum atomic E-state index is 7.34. The number of fused-ring (bicyclic) bond motifs is 1. The van der Waals surface area contributed by atoms with Crippen LogP contribution in [0.3, 0.4) is 0 Å². The second-order valence-corrected chi connectivity index (χ2v) is 5.09. The van der Waals surface area contributed by atoms with Gasteiger partial charge in [-0.2, -0.15) is 0 Å². The van der Waals surface area contributed by atoms with E-state index in [4.69, 9.17) is 6.54 Å². The van der Waals surface area contributed by atoms with Crippen LogP contribution >= 0.6 is 0 Å². The van der Waals surface area contributed by atoms with Gasteiger partial charge in [-0.3, -0.25) is 0 Å². The number of hydrogen-bond acceptors (Lipinski definition) is 1. The van der Waals surface area contributed by atoms with Gasteiger partial charge < -0.3 is 5.11 Å². The van der Waals surface area contributed by atoms with E-state index in [-0.39, 0.29) is 32.7 Å². The summed E-state index contributed by atoms with van der Waals surface area (Å²) in [7, 11) is 0. The van der Waals surface area contributed by atoms with Crippen LogP contribution in [0.1, 0.15) is 30.5 Å². The van der Waals surface area contributed by atoms with Crippen LogP contribution in [0.25, 0.3) is 10.8 Å². The first-order chi connectivity index (χ1) is 9.06. The van der Waals surface area contributed by atoms with Crippen LogP contribution in [0.15, 0.2) is 35.9 Å². The van der Waals surface area contributed by atoms with E-state index >= 15 is 0 Å². The Hall–Kier alpha value is -0.656. The minimum Gasteiger partial charge on any atom is -0.507 e. The standard InChI is InChI=1S/C17H20O.Y/c1-11(2)9-10-14-12(3)15-7-5-6-8-16(15)17(18)13(14)4;/h5-9,18H,10H2,1-4H3;/i/hD. The summed E-state index contributed by atoms with van der Waals surface area (Å²) in [6, 6.07) is 8.13. The molecule has 0 aliphatic heterocycles. The Morgan fingerprint density at radius 3 is 2.37 bits per heavy atom. The summed E-state index contributed by atoms with van der Waals surface area (Å²) < 4.78 is 7.34. The number of phenols is 1. The first kappa shape index (κ1) is 14.7. The van der Waals surface area contributed by atoms with Gasteiger partial charge in [0.15, 0.2) is 0 Å². The number of aromatic hydroxyl groups is 1. The molecule has 0 spiro atoms. The molecule has 2 heteroatoms. The van der Waals surface area contributed by atoms with Crippen LogP contribution in [0.2, 0.25) is 0 Å². The average Bonchev–Trinajstić information content (AvgIpc) is 2.39. The second-order valence-electron chi connectivity index (χ2n) is 5.09. The van der Waals surface area contributed by atoms with E-state index in [1.165, 1.54) is 22.1 Å². The summed E-state index contributed by atoms with van der Waals surface area (Å²) in [6.45, 7) is 8.40. The predicted molar refractivity (Wildman–Crippen MR) is 78.2 cm³/mol. The smallest absolute Gasteiger partial charge is 0.293 e. The topological polar surface area (TPSA) is 20.2 Å². The van der Waals surface area contributed by atoms with Crippen molar-refractivity contribution in [2.45, 2.75) is 34.1 Å². The van der Waals surface area contributed by atoms with Crippen molar-refractivity contribution in [3.63, 3.8) is 0 Å². The summed E-state index contributed by atoms with van der Waals surface area (Å²) in [5.41, 5.74) is 4.93. The SMILES string of the molecule is [2H]Oc1c(C)c(CC=C(C)C)c(C)c2ccccc12.[Y]. The molecular weight excluding hydrogens is 309 g/mol. The number of benzene rings is 2. The van der Waals surface area contributed by atoms with Crippen LogP contribution < -0.4 is 0 Å². The zero-order chi connectivity index (χ0) is 14.0. The molecule has 2 rings (SSSR count). The Bertz CT molecular complexity index is 643. The van der Waals surface area contributed by atoms with E-state index in [1.807, 2.05) is 25.1 Å². The third-order valence-corrected chi connectivity index (χ3v) is 3.54. The Morgan fingerprint density at radius 1 is 1.16 bits per heavy atom. The van der Waals surface area contributed by atoms with Gasteiger partial charge in [0.1, 0.15) is 5.75 Å². The monoisotopic (exact) mass is 330 g/mol. The van der Waals surface area contributed by atoms with Gasteiger partial charge in [-0.05, 0) is 56.2 Å². The molecule has 19 heavy (non-hydrogen) atoms. The van der Waals surface area contributed by atoms with Gasteiger partial charge in [-0.15, -0.1) is 0 Å². The molecule has 0 aliphatic carbocycles. The first-order valence-corrected chi connectivity index (χ1v) is 6.33. The minimum atomic E-state index is 0. The molecule has 0 aliphatic rings. The molecule has 0 bridgehead atoms. The van der Waals surface area contributed by atoms with Gasteiger partial charge in [0, 0.05) is 38.1 Å². The van der Waals surface area contributed by atoms with E-state index < -0.39 is 0 Å². The fourth-order valence-corrected chi connectivity index (χ4v) is 2.40. The van der Waals surface area contributed by atoms with Crippen LogP contribution in [0.5, 0.6) is 5.75 Å². The van der Waals surface area contributed by atoms with E-state index in [1.54, 1.807) is 0 Å². The van der Waals surface area contributed by atoms with E-state index in [0.29, 0.717) is 5.75 Å². The third kappa shape index (κ3) is 3.27. The third-order valence-electron chi connectivity index (χ3n) is 3.54. The van der Waals surface area contributed by atoms with Crippen LogP contribution in [-0.2, 0) is 39.1 Å². The fourth-order valence-electron chi connectivity index (χ4n) is 2.40. The Morgan fingerprint density at radius 2 is 1.79 bits per heavy atom. The van der Waals surface area contributed by atoms with Gasteiger partial charge in [-0.1, -0.05) is 35.9 Å². The van der Waals surface area contributed by atoms with E-state index in [2.05, 4.69) is 32.9 Å². The van der Waals surface area contributed by atoms with Crippen LogP contribution in [0.4, 0.5) is 0 Å². The average molecular weight is 330 g/mol. The number of hydrogen-bond donors (Lipinski definition) is 1. The van der Waals surface area contributed by atoms with Gasteiger partial charge in [0.2, 0.25) is 0 Å². The minimum absolute atomic E-state index is 0. The first-order valence-electron chi connectivity index (χ1n) is 6.74. The van der Waals surface area contributed by atoms with Crippen molar-refractivity contribution in [1.29, 1.82) is 1.43 Å². The summed E-state index contributed by atoms with van der Waals surface area (Å²) in [5.74, 6) is 0.679. The molecule has 0 saturated heterocycles. The molecule has 0 amide bonds. The predicted octanol–water partition coefficient (Wildman–Crippen LogP) is 4.67. The van der Waals surface area contributed by atoms with Crippen molar-refractivity contribution in [1.82, 2.24) is 0 Å². The number of allylic oxidation sites excluding steroid dienone is 2. The molecule has 0 unspecified atom stereocenters. The fraction of sp³-hybridized carbons (Fsp3) is 0.294. The molecule has 1 nitrogen and oxygen atoms in total. The summed E-state index contributed by atoms with van der Waals surface area (Å²) >= 11 is 0. The molecular formula is C17H20OY. The van der Waals surface area contributed by atoms with E-state index in [9.17, 15) is 0 Å². The summed E-state index contributed by atoms with van der Waals surface area (Å²) in [4.78, 5) is 0. The maximum absolute atomic E-state index is 7.34. The van der Waals surface area contributed by atoms with Crippen molar-refractivity contribution < 1.29 is 37.8 Å². The van der Waals surface area contributed by atoms with Crippen molar-refractivity contribution in [2.24, 2.45) is 0 Å². The molecule has 0 atom stereocenters. The molecule has 0 fully saturated rings. The zero-order valence-electron chi connectivity index (χ0n) is 13.1. The summed E-state index contributed by atoms with van der Waals surface area (Å²) in [5, 5.41) is 7.09. The van der Waals surface area contributed by atoms with E-state index in [0.717, 1.165) is 17.4 Å². The number of rotatable bonds is 3. The molecule has 0 aromatic heterocycles. The quantitative estimate of drug-likeness (QED) is 0.811. The molecule has 1 N–H and O–H groups in total. The van der Waals surface area contributed by atoms with Gasteiger partial charge >= 0.3 is 0 Å². The van der Waals surface area contributed by atoms with Crippen molar-refractivity contribution in [2.75, 3.05) is 0 Å². The largest absolute Gasteiger partial charge is 0.507 e. The van der Waals surface area contributed by atoms with Gasteiger partial charge in [-0.25, -0.2) is 0 Å². The molecule has 0 saturated carbocycles. The van der Waals surface area contributed by atoms with Crippen LogP contribution in [0, 0.1) is 13.8 Å². The molecule has 2 aromatic carbocycles. The maximum Gasteiger partial charge on any atom is 0.293 e. The van der Waals surface area contributed by atoms with Crippen molar-refractivity contribution in [3.05, 3.63) is 52.6 Å². The van der Waals surface area contributed by atoms with Gasteiger partial charge in [0.05, 0.1) is 0 Å². The normalized spacial score (nSPS) is 10.6. The Kier molecular flexibility index (Phi) is 5.18. The molecule has 0 heterocycles. The van der Waals surface area contributed by atoms with Crippen molar-refractivity contribution >= 4 is 10.8 Å².